The molecule has 1 atom stereocenters. The van der Waals surface area contributed by atoms with E-state index in [9.17, 15) is 0 Å². The maximum absolute atomic E-state index is 9.08. The molecule has 0 radical (unpaired) electrons. The van der Waals surface area contributed by atoms with Crippen LogP contribution in [0.3, 0.4) is 0 Å². The van der Waals surface area contributed by atoms with Gasteiger partial charge in [-0.15, -0.1) is 0 Å². The van der Waals surface area contributed by atoms with Gasteiger partial charge in [0.2, 0.25) is 0 Å². The average molecular weight is 225 g/mol. The van der Waals surface area contributed by atoms with Crippen LogP contribution in [-0.4, -0.2) is 24.9 Å². The molecule has 0 spiro atoms. The SMILES string of the molecule is CCOc1ccc(OCC)c([C@H](N)CO)c1. The van der Waals surface area contributed by atoms with Gasteiger partial charge >= 0.3 is 0 Å². The molecule has 0 fully saturated rings. The van der Waals surface area contributed by atoms with Gasteiger partial charge in [-0.05, 0) is 32.0 Å². The summed E-state index contributed by atoms with van der Waals surface area (Å²) in [6.45, 7) is 4.88. The van der Waals surface area contributed by atoms with Crippen molar-refractivity contribution < 1.29 is 14.6 Å². The summed E-state index contributed by atoms with van der Waals surface area (Å²) < 4.78 is 10.8. The number of aliphatic hydroxyl groups is 1. The van der Waals surface area contributed by atoms with Crippen LogP contribution in [0.5, 0.6) is 11.5 Å². The lowest BCUT2D eigenvalue weighted by Gasteiger charge is -2.16. The van der Waals surface area contributed by atoms with E-state index in [2.05, 4.69) is 0 Å². The Morgan fingerprint density at radius 3 is 2.50 bits per heavy atom. The van der Waals surface area contributed by atoms with Crippen molar-refractivity contribution >= 4 is 0 Å². The minimum atomic E-state index is -0.443. The van der Waals surface area contributed by atoms with Gasteiger partial charge in [-0.3, -0.25) is 0 Å². The first-order valence-electron chi connectivity index (χ1n) is 5.48. The van der Waals surface area contributed by atoms with E-state index in [-0.39, 0.29) is 6.61 Å². The Kier molecular flexibility index (Phi) is 5.08. The van der Waals surface area contributed by atoms with Crippen molar-refractivity contribution in [2.45, 2.75) is 19.9 Å². The molecule has 16 heavy (non-hydrogen) atoms. The van der Waals surface area contributed by atoms with Crippen LogP contribution in [0.25, 0.3) is 0 Å². The minimum Gasteiger partial charge on any atom is -0.494 e. The molecule has 0 aliphatic heterocycles. The summed E-state index contributed by atoms with van der Waals surface area (Å²) in [5.41, 5.74) is 6.58. The first-order chi connectivity index (χ1) is 7.72. The molecule has 0 aliphatic carbocycles. The lowest BCUT2D eigenvalue weighted by molar-refractivity contribution is 0.260. The van der Waals surface area contributed by atoms with Gasteiger partial charge < -0.3 is 20.3 Å². The standard InChI is InChI=1S/C12H19NO3/c1-3-15-9-5-6-12(16-4-2)10(7-9)11(13)8-14/h5-7,11,14H,3-4,8,13H2,1-2H3/t11-/m1/s1. The largest absolute Gasteiger partial charge is 0.494 e. The van der Waals surface area contributed by atoms with E-state index >= 15 is 0 Å². The van der Waals surface area contributed by atoms with E-state index in [1.165, 1.54) is 0 Å². The van der Waals surface area contributed by atoms with Crippen LogP contribution in [0, 0.1) is 0 Å². The van der Waals surface area contributed by atoms with Crippen LogP contribution in [0.1, 0.15) is 25.5 Å². The van der Waals surface area contributed by atoms with Crippen molar-refractivity contribution in [2.24, 2.45) is 5.73 Å². The molecule has 1 aromatic carbocycles. The summed E-state index contributed by atoms with van der Waals surface area (Å²) in [5, 5.41) is 9.08. The molecule has 3 N–H and O–H groups in total. The molecule has 0 unspecified atom stereocenters. The maximum Gasteiger partial charge on any atom is 0.124 e. The summed E-state index contributed by atoms with van der Waals surface area (Å²) in [7, 11) is 0. The molecule has 0 aliphatic rings. The monoisotopic (exact) mass is 225 g/mol. The Balaban J connectivity index is 3.00. The molecule has 1 rings (SSSR count). The highest BCUT2D eigenvalue weighted by atomic mass is 16.5. The normalized spacial score (nSPS) is 12.2. The fourth-order valence-corrected chi connectivity index (χ4v) is 1.46. The number of benzene rings is 1. The van der Waals surface area contributed by atoms with E-state index in [4.69, 9.17) is 20.3 Å². The highest BCUT2D eigenvalue weighted by Crippen LogP contribution is 2.28. The molecule has 0 heterocycles. The van der Waals surface area contributed by atoms with Gasteiger partial charge in [-0.1, -0.05) is 0 Å². The lowest BCUT2D eigenvalue weighted by Crippen LogP contribution is -2.16. The van der Waals surface area contributed by atoms with Gasteiger partial charge in [0, 0.05) is 5.56 Å². The average Bonchev–Trinajstić information content (AvgIpc) is 2.31. The van der Waals surface area contributed by atoms with Crippen molar-refractivity contribution in [3.63, 3.8) is 0 Å². The summed E-state index contributed by atoms with van der Waals surface area (Å²) in [4.78, 5) is 0. The fourth-order valence-electron chi connectivity index (χ4n) is 1.46. The molecule has 0 amide bonds. The van der Waals surface area contributed by atoms with Gasteiger partial charge in [-0.2, -0.15) is 0 Å². The highest BCUT2D eigenvalue weighted by molar-refractivity contribution is 5.42. The van der Waals surface area contributed by atoms with E-state index in [1.807, 2.05) is 32.0 Å². The third kappa shape index (κ3) is 3.12. The van der Waals surface area contributed by atoms with Crippen LogP contribution in [0.4, 0.5) is 0 Å². The van der Waals surface area contributed by atoms with Crippen LogP contribution in [-0.2, 0) is 0 Å². The van der Waals surface area contributed by atoms with E-state index in [0.29, 0.717) is 19.0 Å². The molecule has 4 nitrogen and oxygen atoms in total. The van der Waals surface area contributed by atoms with Gasteiger partial charge in [0.15, 0.2) is 0 Å². The zero-order valence-electron chi connectivity index (χ0n) is 9.77. The molecule has 4 heteroatoms. The second-order valence-corrected chi connectivity index (χ2v) is 3.35. The number of nitrogens with two attached hydrogens (primary N) is 1. The molecule has 0 saturated heterocycles. The van der Waals surface area contributed by atoms with Crippen molar-refractivity contribution in [1.29, 1.82) is 0 Å². The minimum absolute atomic E-state index is 0.115. The van der Waals surface area contributed by atoms with E-state index in [1.54, 1.807) is 0 Å². The van der Waals surface area contributed by atoms with E-state index < -0.39 is 6.04 Å². The Morgan fingerprint density at radius 1 is 1.25 bits per heavy atom. The zero-order chi connectivity index (χ0) is 12.0. The molecule has 0 saturated carbocycles. The smallest absolute Gasteiger partial charge is 0.124 e. The molecule has 0 bridgehead atoms. The molecular formula is C12H19NO3. The van der Waals surface area contributed by atoms with Crippen molar-refractivity contribution in [3.05, 3.63) is 23.8 Å². The number of ether oxygens (including phenoxy) is 2. The summed E-state index contributed by atoms with van der Waals surface area (Å²) in [5.74, 6) is 1.44. The Hall–Kier alpha value is -1.26. The Morgan fingerprint density at radius 2 is 1.94 bits per heavy atom. The number of hydrogen-bond donors (Lipinski definition) is 2. The molecule has 90 valence electrons. The first kappa shape index (κ1) is 12.8. The summed E-state index contributed by atoms with van der Waals surface area (Å²) in [6.07, 6.45) is 0. The quantitative estimate of drug-likeness (QED) is 0.769. The van der Waals surface area contributed by atoms with Crippen LogP contribution in [0.2, 0.25) is 0 Å². The third-order valence-electron chi connectivity index (χ3n) is 2.19. The third-order valence-corrected chi connectivity index (χ3v) is 2.19. The summed E-state index contributed by atoms with van der Waals surface area (Å²) >= 11 is 0. The number of hydrogen-bond acceptors (Lipinski definition) is 4. The van der Waals surface area contributed by atoms with Crippen molar-refractivity contribution in [2.75, 3.05) is 19.8 Å². The maximum atomic E-state index is 9.08. The zero-order valence-corrected chi connectivity index (χ0v) is 9.77. The van der Waals surface area contributed by atoms with Gasteiger partial charge in [0.05, 0.1) is 25.9 Å². The predicted octanol–water partition coefficient (Wildman–Crippen LogP) is 1.48. The van der Waals surface area contributed by atoms with Gasteiger partial charge in [0.1, 0.15) is 11.5 Å². The lowest BCUT2D eigenvalue weighted by atomic mass is 10.1. The van der Waals surface area contributed by atoms with E-state index in [0.717, 1.165) is 11.3 Å². The van der Waals surface area contributed by atoms with Crippen LogP contribution in [0.15, 0.2) is 18.2 Å². The summed E-state index contributed by atoms with van der Waals surface area (Å²) in [6, 6.07) is 5.03. The first-order valence-corrected chi connectivity index (χ1v) is 5.48. The predicted molar refractivity (Wildman–Crippen MR) is 62.8 cm³/mol. The second kappa shape index (κ2) is 6.35. The Labute approximate surface area is 96.0 Å². The highest BCUT2D eigenvalue weighted by Gasteiger charge is 2.12. The Bertz CT molecular complexity index is 328. The molecular weight excluding hydrogens is 206 g/mol. The van der Waals surface area contributed by atoms with Crippen LogP contribution < -0.4 is 15.2 Å². The van der Waals surface area contributed by atoms with Crippen LogP contribution >= 0.6 is 0 Å². The molecule has 0 aromatic heterocycles. The number of aliphatic hydroxyl groups excluding tert-OH is 1. The topological polar surface area (TPSA) is 64.7 Å². The fraction of sp³-hybridized carbons (Fsp3) is 0.500. The van der Waals surface area contributed by atoms with Crippen molar-refractivity contribution in [3.8, 4) is 11.5 Å². The van der Waals surface area contributed by atoms with Gasteiger partial charge in [0.25, 0.3) is 0 Å². The van der Waals surface area contributed by atoms with Crippen molar-refractivity contribution in [1.82, 2.24) is 0 Å². The second-order valence-electron chi connectivity index (χ2n) is 3.35. The van der Waals surface area contributed by atoms with Gasteiger partial charge in [-0.25, -0.2) is 0 Å². The molecule has 1 aromatic rings. The number of rotatable bonds is 6.